The van der Waals surface area contributed by atoms with Crippen LogP contribution in [0.2, 0.25) is 0 Å². The van der Waals surface area contributed by atoms with Crippen LogP contribution in [0.1, 0.15) is 35.4 Å². The first-order valence-corrected chi connectivity index (χ1v) is 6.76. The lowest BCUT2D eigenvalue weighted by Gasteiger charge is -2.24. The number of ketones is 1. The number of rotatable bonds is 4. The van der Waals surface area contributed by atoms with Gasteiger partial charge in [-0.2, -0.15) is 0 Å². The standard InChI is InChI=1S/C14H18ClNO2/c1-2-12(15)14(17)11-5-3-10(4-6-11)13-9-16-7-8-18-13/h3-6,12-13,16H,2,7-9H2,1H3. The van der Waals surface area contributed by atoms with Gasteiger partial charge in [-0.3, -0.25) is 4.79 Å². The highest BCUT2D eigenvalue weighted by Crippen LogP contribution is 2.20. The Morgan fingerprint density at radius 1 is 1.50 bits per heavy atom. The van der Waals surface area contributed by atoms with Gasteiger partial charge in [0.25, 0.3) is 0 Å². The molecule has 18 heavy (non-hydrogen) atoms. The number of carbonyl (C=O) groups is 1. The number of carbonyl (C=O) groups excluding carboxylic acids is 1. The van der Waals surface area contributed by atoms with Crippen molar-refractivity contribution in [3.63, 3.8) is 0 Å². The van der Waals surface area contributed by atoms with Crippen molar-refractivity contribution in [2.24, 2.45) is 0 Å². The second-order valence-corrected chi connectivity index (χ2v) is 4.95. The number of benzene rings is 1. The summed E-state index contributed by atoms with van der Waals surface area (Å²) in [5.74, 6) is -0.00611. The first kappa shape index (κ1) is 13.5. The molecule has 0 saturated carbocycles. The molecule has 4 heteroatoms. The summed E-state index contributed by atoms with van der Waals surface area (Å²) >= 11 is 5.95. The number of nitrogens with one attached hydrogen (secondary N) is 1. The van der Waals surface area contributed by atoms with Gasteiger partial charge in [-0.1, -0.05) is 31.2 Å². The largest absolute Gasteiger partial charge is 0.371 e. The minimum Gasteiger partial charge on any atom is -0.371 e. The summed E-state index contributed by atoms with van der Waals surface area (Å²) in [5, 5.41) is 2.86. The highest BCUT2D eigenvalue weighted by Gasteiger charge is 2.18. The van der Waals surface area contributed by atoms with Crippen molar-refractivity contribution >= 4 is 17.4 Å². The molecule has 0 aliphatic carbocycles. The number of ether oxygens (including phenoxy) is 1. The van der Waals surface area contributed by atoms with Crippen LogP contribution in [0.15, 0.2) is 24.3 Å². The number of hydrogen-bond donors (Lipinski definition) is 1. The molecule has 1 aromatic carbocycles. The van der Waals surface area contributed by atoms with Gasteiger partial charge in [-0.05, 0) is 12.0 Å². The summed E-state index contributed by atoms with van der Waals surface area (Å²) in [4.78, 5) is 11.9. The quantitative estimate of drug-likeness (QED) is 0.673. The monoisotopic (exact) mass is 267 g/mol. The Hall–Kier alpha value is -0.900. The highest BCUT2D eigenvalue weighted by molar-refractivity contribution is 6.33. The molecule has 98 valence electrons. The molecule has 1 aliphatic heterocycles. The Morgan fingerprint density at radius 2 is 2.22 bits per heavy atom. The third-order valence-electron chi connectivity index (χ3n) is 3.14. The fraction of sp³-hybridized carbons (Fsp3) is 0.500. The van der Waals surface area contributed by atoms with Crippen molar-refractivity contribution in [3.05, 3.63) is 35.4 Å². The van der Waals surface area contributed by atoms with Crippen molar-refractivity contribution < 1.29 is 9.53 Å². The Bertz CT molecular complexity index is 399. The van der Waals surface area contributed by atoms with E-state index in [1.54, 1.807) is 0 Å². The predicted octanol–water partition coefficient (Wildman–Crippen LogP) is 2.55. The van der Waals surface area contributed by atoms with Crippen LogP contribution in [0.25, 0.3) is 0 Å². The van der Waals surface area contributed by atoms with Crippen molar-refractivity contribution in [1.82, 2.24) is 5.32 Å². The normalized spacial score (nSPS) is 21.6. The summed E-state index contributed by atoms with van der Waals surface area (Å²) in [7, 11) is 0. The van der Waals surface area contributed by atoms with E-state index in [9.17, 15) is 4.79 Å². The molecular formula is C14H18ClNO2. The molecule has 0 bridgehead atoms. The molecule has 1 aliphatic rings. The molecular weight excluding hydrogens is 250 g/mol. The summed E-state index contributed by atoms with van der Waals surface area (Å²) < 4.78 is 5.66. The molecule has 0 aromatic heterocycles. The van der Waals surface area contributed by atoms with Crippen LogP contribution in [0.4, 0.5) is 0 Å². The molecule has 2 atom stereocenters. The van der Waals surface area contributed by atoms with Gasteiger partial charge in [-0.15, -0.1) is 11.6 Å². The summed E-state index contributed by atoms with van der Waals surface area (Å²) in [5.41, 5.74) is 1.77. The van der Waals surface area contributed by atoms with Crippen molar-refractivity contribution in [1.29, 1.82) is 0 Å². The zero-order chi connectivity index (χ0) is 13.0. The first-order chi connectivity index (χ1) is 8.72. The molecule has 1 aromatic rings. The Kier molecular flexibility index (Phi) is 4.75. The number of alkyl halides is 1. The zero-order valence-corrected chi connectivity index (χ0v) is 11.2. The molecule has 0 amide bonds. The summed E-state index contributed by atoms with van der Waals surface area (Å²) in [6, 6.07) is 7.57. The maximum Gasteiger partial charge on any atom is 0.180 e. The Balaban J connectivity index is 2.07. The van der Waals surface area contributed by atoms with E-state index in [0.29, 0.717) is 12.0 Å². The number of hydrogen-bond acceptors (Lipinski definition) is 3. The summed E-state index contributed by atoms with van der Waals surface area (Å²) in [6.45, 7) is 4.36. The number of Topliss-reactive ketones (excluding diaryl/α,β-unsaturated/α-hetero) is 1. The van der Waals surface area contributed by atoms with E-state index in [-0.39, 0.29) is 11.9 Å². The fourth-order valence-corrected chi connectivity index (χ4v) is 2.13. The van der Waals surface area contributed by atoms with Crippen molar-refractivity contribution in [3.8, 4) is 0 Å². The molecule has 0 radical (unpaired) electrons. The topological polar surface area (TPSA) is 38.3 Å². The minimum absolute atomic E-state index is 0.00611. The molecule has 3 nitrogen and oxygen atoms in total. The minimum atomic E-state index is -0.427. The Morgan fingerprint density at radius 3 is 2.78 bits per heavy atom. The van der Waals surface area contributed by atoms with Gasteiger partial charge < -0.3 is 10.1 Å². The third kappa shape index (κ3) is 3.10. The second-order valence-electron chi connectivity index (χ2n) is 4.43. The maximum atomic E-state index is 11.9. The highest BCUT2D eigenvalue weighted by atomic mass is 35.5. The van der Waals surface area contributed by atoms with Crippen LogP contribution >= 0.6 is 11.6 Å². The van der Waals surface area contributed by atoms with Crippen LogP contribution in [0.5, 0.6) is 0 Å². The lowest BCUT2D eigenvalue weighted by molar-refractivity contribution is 0.0277. The van der Waals surface area contributed by atoms with Gasteiger partial charge in [0.05, 0.1) is 18.1 Å². The second kappa shape index (κ2) is 6.32. The van der Waals surface area contributed by atoms with E-state index >= 15 is 0 Å². The van der Waals surface area contributed by atoms with Gasteiger partial charge in [0, 0.05) is 18.7 Å². The van der Waals surface area contributed by atoms with Gasteiger partial charge in [0.15, 0.2) is 5.78 Å². The number of halogens is 1. The van der Waals surface area contributed by atoms with E-state index in [1.807, 2.05) is 31.2 Å². The van der Waals surface area contributed by atoms with Crippen molar-refractivity contribution in [2.45, 2.75) is 24.8 Å². The van der Waals surface area contributed by atoms with Gasteiger partial charge >= 0.3 is 0 Å². The molecule has 1 fully saturated rings. The molecule has 1 N–H and O–H groups in total. The fourth-order valence-electron chi connectivity index (χ4n) is 2.01. The molecule has 2 unspecified atom stereocenters. The third-order valence-corrected chi connectivity index (χ3v) is 3.64. The van der Waals surface area contributed by atoms with E-state index in [4.69, 9.17) is 16.3 Å². The number of morpholine rings is 1. The molecule has 1 heterocycles. The van der Waals surface area contributed by atoms with E-state index in [1.165, 1.54) is 0 Å². The van der Waals surface area contributed by atoms with Gasteiger partial charge in [-0.25, -0.2) is 0 Å². The SMILES string of the molecule is CCC(Cl)C(=O)c1ccc(C2CNCCO2)cc1. The molecule has 1 saturated heterocycles. The van der Waals surface area contributed by atoms with E-state index < -0.39 is 5.38 Å². The van der Waals surface area contributed by atoms with E-state index in [0.717, 1.165) is 25.3 Å². The maximum absolute atomic E-state index is 11.9. The lowest BCUT2D eigenvalue weighted by atomic mass is 10.0. The van der Waals surface area contributed by atoms with Crippen LogP contribution in [0.3, 0.4) is 0 Å². The summed E-state index contributed by atoms with van der Waals surface area (Å²) in [6.07, 6.45) is 0.735. The van der Waals surface area contributed by atoms with Crippen LogP contribution < -0.4 is 5.32 Å². The average Bonchev–Trinajstić information content (AvgIpc) is 2.47. The zero-order valence-electron chi connectivity index (χ0n) is 10.5. The lowest BCUT2D eigenvalue weighted by Crippen LogP contribution is -2.33. The van der Waals surface area contributed by atoms with Crippen LogP contribution in [-0.4, -0.2) is 30.9 Å². The van der Waals surface area contributed by atoms with Crippen molar-refractivity contribution in [2.75, 3.05) is 19.7 Å². The smallest absolute Gasteiger partial charge is 0.180 e. The average molecular weight is 268 g/mol. The van der Waals surface area contributed by atoms with E-state index in [2.05, 4.69) is 5.32 Å². The van der Waals surface area contributed by atoms with Crippen LogP contribution in [-0.2, 0) is 4.74 Å². The molecule has 0 spiro atoms. The van der Waals surface area contributed by atoms with Gasteiger partial charge in [0.1, 0.15) is 0 Å². The van der Waals surface area contributed by atoms with Gasteiger partial charge in [0.2, 0.25) is 0 Å². The molecule has 2 rings (SSSR count). The predicted molar refractivity (Wildman–Crippen MR) is 72.3 cm³/mol. The first-order valence-electron chi connectivity index (χ1n) is 6.33. The van der Waals surface area contributed by atoms with Crippen LogP contribution in [0, 0.1) is 0 Å². The Labute approximate surface area is 112 Å².